The van der Waals surface area contributed by atoms with E-state index in [-0.39, 0.29) is 6.42 Å². The smallest absolute Gasteiger partial charge is 0.408 e. The maximum atomic E-state index is 12.0. The summed E-state index contributed by atoms with van der Waals surface area (Å²) in [5.74, 6) is -0.152. The van der Waals surface area contributed by atoms with E-state index in [1.165, 1.54) is 7.11 Å². The van der Waals surface area contributed by atoms with Crippen molar-refractivity contribution in [2.75, 3.05) is 19.0 Å². The third-order valence-corrected chi connectivity index (χ3v) is 3.48. The van der Waals surface area contributed by atoms with Gasteiger partial charge in [0, 0.05) is 11.8 Å². The zero-order valence-electron chi connectivity index (χ0n) is 15.3. The van der Waals surface area contributed by atoms with Crippen LogP contribution < -0.4 is 10.1 Å². The van der Waals surface area contributed by atoms with Crippen LogP contribution >= 0.6 is 15.9 Å². The van der Waals surface area contributed by atoms with Crippen LogP contribution in [0.1, 0.15) is 36.7 Å². The van der Waals surface area contributed by atoms with Crippen molar-refractivity contribution in [2.24, 2.45) is 0 Å². The second kappa shape index (κ2) is 10.2. The Morgan fingerprint density at radius 3 is 2.54 bits per heavy atom. The van der Waals surface area contributed by atoms with Crippen LogP contribution in [-0.2, 0) is 20.7 Å². The topological polar surface area (TPSA) is 90.9 Å². The molecule has 1 amide bonds. The Labute approximate surface area is 161 Å². The molecule has 0 aliphatic rings. The largest absolute Gasteiger partial charge is 0.492 e. The molecule has 0 saturated heterocycles. The highest BCUT2D eigenvalue weighted by Gasteiger charge is 2.25. The molecule has 0 heterocycles. The standard InChI is InChI=1S/C18H24BrNO6/c1-18(2,3)26-17(23)20-14(16(22)24-4)10-12-5-6-15(25-8-7-19)13(9-12)11-21/h5-6,9,11,14H,7-8,10H2,1-4H3,(H,20,23)/t14-/m0/s1. The van der Waals surface area contributed by atoms with Crippen LogP contribution in [-0.4, -0.2) is 49.0 Å². The molecule has 0 bridgehead atoms. The molecule has 0 aliphatic carbocycles. The number of alkyl halides is 1. The van der Waals surface area contributed by atoms with Crippen molar-refractivity contribution in [3.8, 4) is 5.75 Å². The lowest BCUT2D eigenvalue weighted by molar-refractivity contribution is -0.143. The minimum absolute atomic E-state index is 0.144. The number of methoxy groups -OCH3 is 1. The minimum atomic E-state index is -0.941. The number of amides is 1. The first-order valence-corrected chi connectivity index (χ1v) is 9.16. The van der Waals surface area contributed by atoms with Crippen LogP contribution in [0.4, 0.5) is 4.79 Å². The minimum Gasteiger partial charge on any atom is -0.492 e. The van der Waals surface area contributed by atoms with E-state index >= 15 is 0 Å². The molecule has 0 spiro atoms. The van der Waals surface area contributed by atoms with Crippen molar-refractivity contribution in [1.82, 2.24) is 5.32 Å². The number of carbonyl (C=O) groups is 3. The summed E-state index contributed by atoms with van der Waals surface area (Å²) in [5.41, 5.74) is 0.346. The lowest BCUT2D eigenvalue weighted by Crippen LogP contribution is -2.45. The van der Waals surface area contributed by atoms with E-state index in [0.717, 1.165) is 0 Å². The van der Waals surface area contributed by atoms with Crippen LogP contribution in [0, 0.1) is 0 Å². The highest BCUT2D eigenvalue weighted by atomic mass is 79.9. The van der Waals surface area contributed by atoms with Gasteiger partial charge in [0.05, 0.1) is 19.3 Å². The molecule has 1 N–H and O–H groups in total. The third-order valence-electron chi connectivity index (χ3n) is 3.15. The van der Waals surface area contributed by atoms with Gasteiger partial charge in [0.25, 0.3) is 0 Å². The van der Waals surface area contributed by atoms with Crippen LogP contribution in [0.25, 0.3) is 0 Å². The molecule has 1 rings (SSSR count). The fraction of sp³-hybridized carbons (Fsp3) is 0.500. The predicted molar refractivity (Wildman–Crippen MR) is 100.0 cm³/mol. The predicted octanol–water partition coefficient (Wildman–Crippen LogP) is 2.88. The van der Waals surface area contributed by atoms with Gasteiger partial charge in [0.2, 0.25) is 0 Å². The van der Waals surface area contributed by atoms with Gasteiger partial charge >= 0.3 is 12.1 Å². The van der Waals surface area contributed by atoms with Crippen molar-refractivity contribution in [2.45, 2.75) is 38.8 Å². The maximum Gasteiger partial charge on any atom is 0.408 e. The van der Waals surface area contributed by atoms with E-state index in [4.69, 9.17) is 14.2 Å². The van der Waals surface area contributed by atoms with Crippen molar-refractivity contribution < 1.29 is 28.6 Å². The van der Waals surface area contributed by atoms with Crippen molar-refractivity contribution in [1.29, 1.82) is 0 Å². The number of carbonyl (C=O) groups excluding carboxylic acids is 3. The molecular weight excluding hydrogens is 406 g/mol. The maximum absolute atomic E-state index is 12.0. The van der Waals surface area contributed by atoms with Crippen LogP contribution in [0.5, 0.6) is 5.75 Å². The Morgan fingerprint density at radius 2 is 2.00 bits per heavy atom. The van der Waals surface area contributed by atoms with Gasteiger partial charge in [-0.1, -0.05) is 22.0 Å². The molecule has 1 atom stereocenters. The van der Waals surface area contributed by atoms with E-state index < -0.39 is 23.7 Å². The summed E-state index contributed by atoms with van der Waals surface area (Å²) in [5, 5.41) is 3.13. The first kappa shape index (κ1) is 22.0. The highest BCUT2D eigenvalue weighted by Crippen LogP contribution is 2.20. The van der Waals surface area contributed by atoms with Crippen LogP contribution in [0.15, 0.2) is 18.2 Å². The number of esters is 1. The molecule has 26 heavy (non-hydrogen) atoms. The zero-order valence-corrected chi connectivity index (χ0v) is 16.9. The summed E-state index contributed by atoms with van der Waals surface area (Å²) in [7, 11) is 1.24. The Balaban J connectivity index is 2.92. The second-order valence-electron chi connectivity index (χ2n) is 6.45. The van der Waals surface area contributed by atoms with Gasteiger partial charge < -0.3 is 19.5 Å². The van der Waals surface area contributed by atoms with E-state index in [2.05, 4.69) is 21.2 Å². The molecule has 0 unspecified atom stereocenters. The zero-order chi connectivity index (χ0) is 19.7. The Hall–Kier alpha value is -2.09. The van der Waals surface area contributed by atoms with E-state index in [1.807, 2.05) is 0 Å². The van der Waals surface area contributed by atoms with Gasteiger partial charge in [-0.3, -0.25) is 4.79 Å². The average Bonchev–Trinajstić information content (AvgIpc) is 2.57. The number of rotatable bonds is 8. The highest BCUT2D eigenvalue weighted by molar-refractivity contribution is 9.09. The summed E-state index contributed by atoms with van der Waals surface area (Å²) in [6, 6.07) is 4.06. The monoisotopic (exact) mass is 429 g/mol. The number of halogens is 1. The molecule has 0 saturated carbocycles. The summed E-state index contributed by atoms with van der Waals surface area (Å²) in [4.78, 5) is 35.2. The Morgan fingerprint density at radius 1 is 1.31 bits per heavy atom. The number of hydrogen-bond acceptors (Lipinski definition) is 6. The molecule has 1 aromatic rings. The van der Waals surface area contributed by atoms with Crippen molar-refractivity contribution >= 4 is 34.3 Å². The number of hydrogen-bond donors (Lipinski definition) is 1. The number of nitrogens with one attached hydrogen (secondary N) is 1. The van der Waals surface area contributed by atoms with Crippen molar-refractivity contribution in [3.63, 3.8) is 0 Å². The number of aldehydes is 1. The summed E-state index contributed by atoms with van der Waals surface area (Å²) in [6.07, 6.45) is 0.105. The quantitative estimate of drug-likeness (QED) is 0.388. The third kappa shape index (κ3) is 7.43. The molecule has 0 aliphatic heterocycles. The van der Waals surface area contributed by atoms with Gasteiger partial charge in [-0.15, -0.1) is 0 Å². The number of ether oxygens (including phenoxy) is 3. The molecule has 0 fully saturated rings. The lowest BCUT2D eigenvalue weighted by Gasteiger charge is -2.22. The Kier molecular flexibility index (Phi) is 8.57. The van der Waals surface area contributed by atoms with Gasteiger partial charge in [-0.05, 0) is 38.5 Å². The molecule has 0 aromatic heterocycles. The summed E-state index contributed by atoms with van der Waals surface area (Å²) in [6.45, 7) is 5.59. The molecule has 144 valence electrons. The SMILES string of the molecule is COC(=O)[C@H](Cc1ccc(OCCBr)c(C=O)c1)NC(=O)OC(C)(C)C. The van der Waals surface area contributed by atoms with Crippen LogP contribution in [0.3, 0.4) is 0 Å². The van der Waals surface area contributed by atoms with E-state index in [0.29, 0.717) is 35.1 Å². The van der Waals surface area contributed by atoms with Gasteiger partial charge in [-0.25, -0.2) is 9.59 Å². The van der Waals surface area contributed by atoms with E-state index in [9.17, 15) is 14.4 Å². The van der Waals surface area contributed by atoms with E-state index in [1.54, 1.807) is 39.0 Å². The molecular formula is C18H24BrNO6. The first-order valence-electron chi connectivity index (χ1n) is 8.04. The van der Waals surface area contributed by atoms with Gasteiger partial charge in [0.1, 0.15) is 17.4 Å². The fourth-order valence-electron chi connectivity index (χ4n) is 2.12. The molecule has 8 heteroatoms. The van der Waals surface area contributed by atoms with Gasteiger partial charge in [0.15, 0.2) is 6.29 Å². The second-order valence-corrected chi connectivity index (χ2v) is 7.25. The van der Waals surface area contributed by atoms with Gasteiger partial charge in [-0.2, -0.15) is 0 Å². The lowest BCUT2D eigenvalue weighted by atomic mass is 10.0. The summed E-state index contributed by atoms with van der Waals surface area (Å²) >= 11 is 3.25. The van der Waals surface area contributed by atoms with Crippen molar-refractivity contribution in [3.05, 3.63) is 29.3 Å². The number of alkyl carbamates (subject to hydrolysis) is 1. The average molecular weight is 430 g/mol. The van der Waals surface area contributed by atoms with Crippen LogP contribution in [0.2, 0.25) is 0 Å². The molecule has 0 radical (unpaired) electrons. The Bertz CT molecular complexity index is 641. The fourth-order valence-corrected chi connectivity index (χ4v) is 2.28. The normalized spacial score (nSPS) is 12.0. The number of benzene rings is 1. The molecule has 7 nitrogen and oxygen atoms in total. The molecule has 1 aromatic carbocycles. The first-order chi connectivity index (χ1) is 12.2. The summed E-state index contributed by atoms with van der Waals surface area (Å²) < 4.78 is 15.4.